The van der Waals surface area contributed by atoms with Gasteiger partial charge in [-0.3, -0.25) is 0 Å². The lowest BCUT2D eigenvalue weighted by molar-refractivity contribution is 0.964. The van der Waals surface area contributed by atoms with E-state index in [0.29, 0.717) is 22.4 Å². The van der Waals surface area contributed by atoms with E-state index in [2.05, 4.69) is 34.6 Å². The van der Waals surface area contributed by atoms with Gasteiger partial charge >= 0.3 is 0 Å². The monoisotopic (exact) mass is 504 g/mol. The lowest BCUT2D eigenvalue weighted by Crippen LogP contribution is -1.98. The highest BCUT2D eigenvalue weighted by molar-refractivity contribution is 6.29. The number of aromatic amines is 1. The quantitative estimate of drug-likeness (QED) is 0.186. The molecule has 6 rings (SSSR count). The van der Waals surface area contributed by atoms with Crippen LogP contribution in [-0.2, 0) is 0 Å². The van der Waals surface area contributed by atoms with E-state index in [1.807, 2.05) is 78.5 Å². The zero-order valence-electron chi connectivity index (χ0n) is 20.1. The zero-order valence-corrected chi connectivity index (χ0v) is 20.8. The summed E-state index contributed by atoms with van der Waals surface area (Å²) in [5.41, 5.74) is 3.47. The molecule has 0 aliphatic heterocycles. The predicted octanol–water partition coefficient (Wildman–Crippen LogP) is 7.44. The van der Waals surface area contributed by atoms with E-state index < -0.39 is 0 Å². The third-order valence-corrected chi connectivity index (χ3v) is 5.43. The van der Waals surface area contributed by atoms with Crippen molar-refractivity contribution in [2.45, 2.75) is 13.8 Å². The van der Waals surface area contributed by atoms with E-state index in [9.17, 15) is 0 Å². The summed E-state index contributed by atoms with van der Waals surface area (Å²) in [7, 11) is 0. The summed E-state index contributed by atoms with van der Waals surface area (Å²) < 4.78 is 2.00. The Kier molecular flexibility index (Phi) is 7.85. The van der Waals surface area contributed by atoms with Crippen LogP contribution in [0.4, 0.5) is 11.4 Å². The first-order valence-electron chi connectivity index (χ1n) is 11.1. The summed E-state index contributed by atoms with van der Waals surface area (Å²) in [6, 6.07) is 18.7. The molecule has 0 fully saturated rings. The molecule has 2 aromatic carbocycles. The van der Waals surface area contributed by atoms with Crippen molar-refractivity contribution in [1.82, 2.24) is 29.5 Å². The zero-order chi connectivity index (χ0) is 26.2. The van der Waals surface area contributed by atoms with Gasteiger partial charge in [-0.15, -0.1) is 0 Å². The molecule has 6 aromatic rings. The minimum atomic E-state index is 0.498. The minimum Gasteiger partial charge on any atom is -0.361 e. The molecule has 0 aliphatic rings. The van der Waals surface area contributed by atoms with Crippen molar-refractivity contribution in [3.05, 3.63) is 125 Å². The maximum atomic E-state index is 7.02. The van der Waals surface area contributed by atoms with E-state index in [0.717, 1.165) is 33.4 Å². The molecule has 0 spiro atoms. The molecule has 0 aliphatic carbocycles. The molecule has 0 radical (unpaired) electrons. The van der Waals surface area contributed by atoms with E-state index in [-0.39, 0.29) is 0 Å². The Balaban J connectivity index is 0.000000143. The van der Waals surface area contributed by atoms with Gasteiger partial charge < -0.3 is 9.55 Å². The highest BCUT2D eigenvalue weighted by Crippen LogP contribution is 2.24. The second-order valence-electron chi connectivity index (χ2n) is 7.79. The summed E-state index contributed by atoms with van der Waals surface area (Å²) >= 11 is 5.49. The molecule has 4 heterocycles. The van der Waals surface area contributed by atoms with Gasteiger partial charge in [0.05, 0.1) is 18.7 Å². The Morgan fingerprint density at radius 1 is 0.784 bits per heavy atom. The van der Waals surface area contributed by atoms with Gasteiger partial charge in [0.15, 0.2) is 11.4 Å². The number of nitrogens with zero attached hydrogens (tertiary/aromatic N) is 7. The van der Waals surface area contributed by atoms with E-state index in [1.54, 1.807) is 25.4 Å². The molecule has 0 saturated carbocycles. The molecule has 0 saturated heterocycles. The van der Waals surface area contributed by atoms with Crippen LogP contribution in [0.2, 0.25) is 5.15 Å². The first kappa shape index (κ1) is 25.1. The Hall–Kier alpha value is -5.05. The molecule has 0 unspecified atom stereocenters. The van der Waals surface area contributed by atoms with Crippen LogP contribution in [0, 0.1) is 27.0 Å². The van der Waals surface area contributed by atoms with Crippen molar-refractivity contribution in [2.75, 3.05) is 0 Å². The first-order chi connectivity index (χ1) is 18.0. The Morgan fingerprint density at radius 2 is 1.46 bits per heavy atom. The number of nitrogens with one attached hydrogen (secondary N) is 1. The summed E-state index contributed by atoms with van der Waals surface area (Å²) in [5, 5.41) is 2.63. The maximum absolute atomic E-state index is 7.02. The van der Waals surface area contributed by atoms with Crippen molar-refractivity contribution < 1.29 is 0 Å². The van der Waals surface area contributed by atoms with E-state index >= 15 is 0 Å². The summed E-state index contributed by atoms with van der Waals surface area (Å²) in [6.45, 7) is 17.5. The van der Waals surface area contributed by atoms with Crippen LogP contribution >= 0.6 is 11.6 Å². The van der Waals surface area contributed by atoms with Gasteiger partial charge in [-0.2, -0.15) is 0 Å². The number of rotatable bonds is 1. The molecule has 8 nitrogen and oxygen atoms in total. The fraction of sp³-hybridized carbons (Fsp3) is 0.0714. The molecule has 4 aromatic heterocycles. The molecule has 1 N–H and O–H groups in total. The van der Waals surface area contributed by atoms with E-state index in [4.69, 9.17) is 24.7 Å². The normalized spacial score (nSPS) is 9.97. The molecule has 180 valence electrons. The van der Waals surface area contributed by atoms with Crippen LogP contribution in [0.25, 0.3) is 37.3 Å². The van der Waals surface area contributed by atoms with Crippen LogP contribution in [0.3, 0.4) is 0 Å². The number of hydrogen-bond donors (Lipinski definition) is 1. The smallest absolute Gasteiger partial charge is 0.187 e. The largest absolute Gasteiger partial charge is 0.361 e. The molecule has 0 bridgehead atoms. The molecule has 0 amide bonds. The Morgan fingerprint density at radius 3 is 2.11 bits per heavy atom. The number of halogens is 1. The molecular weight excluding hydrogens is 484 g/mol. The van der Waals surface area contributed by atoms with Crippen LogP contribution in [0.15, 0.2) is 85.5 Å². The molecule has 37 heavy (non-hydrogen) atoms. The van der Waals surface area contributed by atoms with Gasteiger partial charge in [0.25, 0.3) is 0 Å². The summed E-state index contributed by atoms with van der Waals surface area (Å²) in [6.07, 6.45) is 7.21. The predicted molar refractivity (Wildman–Crippen MR) is 146 cm³/mol. The van der Waals surface area contributed by atoms with Crippen LogP contribution in [0.1, 0.15) is 11.6 Å². The van der Waals surface area contributed by atoms with Gasteiger partial charge in [-0.1, -0.05) is 23.7 Å². The van der Waals surface area contributed by atoms with Gasteiger partial charge in [0, 0.05) is 30.3 Å². The van der Waals surface area contributed by atoms with Crippen molar-refractivity contribution in [1.29, 1.82) is 0 Å². The summed E-state index contributed by atoms with van der Waals surface area (Å²) in [4.78, 5) is 26.0. The standard InChI is InChI=1S/C14H10N4.C9H6N2.C5H5ClN2/c1-10-16-7-5-14(17-10)18-8-6-11-9-12(15-2)3-4-13(11)18;1-10-8-2-3-9-7(6-8)4-5-11-9;1-4-7-3-2-5(6)8-4/h3-9H,1H3;2-6,11H;2-3H,1H3. The number of aromatic nitrogens is 6. The van der Waals surface area contributed by atoms with Gasteiger partial charge in [0.2, 0.25) is 0 Å². The number of hydrogen-bond acceptors (Lipinski definition) is 4. The third kappa shape index (κ3) is 6.34. The highest BCUT2D eigenvalue weighted by Gasteiger charge is 2.05. The Labute approximate surface area is 218 Å². The summed E-state index contributed by atoms with van der Waals surface area (Å²) in [5.74, 6) is 2.29. The minimum absolute atomic E-state index is 0.498. The number of aryl methyl sites for hydroxylation is 2. The van der Waals surface area contributed by atoms with Crippen molar-refractivity contribution in [3.8, 4) is 5.82 Å². The van der Waals surface area contributed by atoms with Crippen LogP contribution in [-0.4, -0.2) is 29.5 Å². The van der Waals surface area contributed by atoms with Crippen molar-refractivity contribution in [2.24, 2.45) is 0 Å². The van der Waals surface area contributed by atoms with E-state index in [1.165, 1.54) is 0 Å². The second kappa shape index (κ2) is 11.6. The third-order valence-electron chi connectivity index (χ3n) is 5.22. The number of benzene rings is 2. The number of fused-ring (bicyclic) bond motifs is 2. The van der Waals surface area contributed by atoms with Crippen LogP contribution < -0.4 is 0 Å². The van der Waals surface area contributed by atoms with Gasteiger partial charge in [-0.25, -0.2) is 29.6 Å². The molecular formula is C28H21ClN8. The molecule has 9 heteroatoms. The average molecular weight is 505 g/mol. The first-order valence-corrected chi connectivity index (χ1v) is 11.5. The average Bonchev–Trinajstić information content (AvgIpc) is 3.55. The van der Waals surface area contributed by atoms with Crippen molar-refractivity contribution >= 4 is 44.8 Å². The lowest BCUT2D eigenvalue weighted by atomic mass is 10.2. The van der Waals surface area contributed by atoms with Crippen molar-refractivity contribution in [3.63, 3.8) is 0 Å². The van der Waals surface area contributed by atoms with Crippen LogP contribution in [0.5, 0.6) is 0 Å². The Bertz CT molecular complexity index is 1740. The van der Waals surface area contributed by atoms with Gasteiger partial charge in [0.1, 0.15) is 22.6 Å². The van der Waals surface area contributed by atoms with Gasteiger partial charge in [-0.05, 0) is 73.2 Å². The SMILES string of the molecule is Cc1nccc(Cl)n1.[C-]#[N+]c1ccc2[nH]ccc2c1.[C-]#[N+]c1ccc2c(ccn2-c2ccnc(C)n2)c1. The maximum Gasteiger partial charge on any atom is 0.187 e. The fourth-order valence-electron chi connectivity index (χ4n) is 3.51. The topological polar surface area (TPSA) is 81.0 Å². The number of H-pyrrole nitrogens is 1. The highest BCUT2D eigenvalue weighted by atomic mass is 35.5. The second-order valence-corrected chi connectivity index (χ2v) is 8.18. The molecule has 0 atom stereocenters. The lowest BCUT2D eigenvalue weighted by Gasteiger charge is -2.04. The fourth-order valence-corrected chi connectivity index (χ4v) is 3.69.